The molecule has 1 spiro atoms. The highest BCUT2D eigenvalue weighted by Gasteiger charge is 2.60. The SMILES string of the molecule is N#CC1OC12CCC(F)(F)CC2. The maximum atomic E-state index is 12.7. The van der Waals surface area contributed by atoms with Gasteiger partial charge in [0.15, 0.2) is 6.10 Å². The van der Waals surface area contributed by atoms with E-state index in [4.69, 9.17) is 10.00 Å². The van der Waals surface area contributed by atoms with Gasteiger partial charge in [0, 0.05) is 12.8 Å². The van der Waals surface area contributed by atoms with Crippen LogP contribution in [0, 0.1) is 11.3 Å². The molecule has 0 N–H and O–H groups in total. The first-order chi connectivity index (χ1) is 5.58. The molecule has 0 radical (unpaired) electrons. The minimum atomic E-state index is -2.53. The molecule has 1 heterocycles. The largest absolute Gasteiger partial charge is 0.350 e. The van der Waals surface area contributed by atoms with Crippen molar-refractivity contribution in [3.8, 4) is 6.07 Å². The molecule has 12 heavy (non-hydrogen) atoms. The summed E-state index contributed by atoms with van der Waals surface area (Å²) in [5.41, 5.74) is -0.490. The van der Waals surface area contributed by atoms with Crippen molar-refractivity contribution in [3.63, 3.8) is 0 Å². The molecule has 1 atom stereocenters. The van der Waals surface area contributed by atoms with E-state index in [9.17, 15) is 8.78 Å². The van der Waals surface area contributed by atoms with Gasteiger partial charge < -0.3 is 4.74 Å². The maximum Gasteiger partial charge on any atom is 0.248 e. The van der Waals surface area contributed by atoms with Gasteiger partial charge in [-0.05, 0) is 12.8 Å². The zero-order chi connectivity index (χ0) is 8.82. The van der Waals surface area contributed by atoms with Crippen LogP contribution in [0.1, 0.15) is 25.7 Å². The molecule has 2 rings (SSSR count). The molecule has 1 aliphatic carbocycles. The molecule has 0 aromatic carbocycles. The van der Waals surface area contributed by atoms with Crippen LogP contribution in [0.2, 0.25) is 0 Å². The monoisotopic (exact) mass is 173 g/mol. The summed E-state index contributed by atoms with van der Waals surface area (Å²) in [6.07, 6.45) is -0.0269. The first-order valence-electron chi connectivity index (χ1n) is 4.03. The minimum absolute atomic E-state index is 0.134. The summed E-state index contributed by atoms with van der Waals surface area (Å²) in [6, 6.07) is 1.96. The fourth-order valence-corrected chi connectivity index (χ4v) is 1.76. The van der Waals surface area contributed by atoms with E-state index in [1.807, 2.05) is 6.07 Å². The molecule has 0 aromatic heterocycles. The third kappa shape index (κ3) is 1.09. The second kappa shape index (κ2) is 2.17. The zero-order valence-corrected chi connectivity index (χ0v) is 6.52. The van der Waals surface area contributed by atoms with Crippen LogP contribution in [0.25, 0.3) is 0 Å². The van der Waals surface area contributed by atoms with Crippen LogP contribution in [-0.4, -0.2) is 17.6 Å². The number of hydrogen-bond donors (Lipinski definition) is 0. The van der Waals surface area contributed by atoms with Crippen LogP contribution < -0.4 is 0 Å². The van der Waals surface area contributed by atoms with E-state index in [1.54, 1.807) is 0 Å². The van der Waals surface area contributed by atoms with Crippen molar-refractivity contribution in [1.29, 1.82) is 5.26 Å². The van der Waals surface area contributed by atoms with Gasteiger partial charge >= 0.3 is 0 Å². The Balaban J connectivity index is 1.98. The van der Waals surface area contributed by atoms with E-state index in [0.29, 0.717) is 12.8 Å². The van der Waals surface area contributed by atoms with Gasteiger partial charge in [0.25, 0.3) is 0 Å². The number of epoxide rings is 1. The van der Waals surface area contributed by atoms with Crippen LogP contribution in [0.3, 0.4) is 0 Å². The molecule has 1 aliphatic heterocycles. The van der Waals surface area contributed by atoms with E-state index < -0.39 is 17.6 Å². The van der Waals surface area contributed by atoms with Crippen LogP contribution in [-0.2, 0) is 4.74 Å². The number of nitriles is 1. The van der Waals surface area contributed by atoms with Crippen molar-refractivity contribution in [2.24, 2.45) is 0 Å². The second-order valence-corrected chi connectivity index (χ2v) is 3.55. The summed E-state index contributed by atoms with van der Waals surface area (Å²) in [5.74, 6) is -2.53. The highest BCUT2D eigenvalue weighted by Crippen LogP contribution is 2.51. The van der Waals surface area contributed by atoms with Gasteiger partial charge in [-0.25, -0.2) is 8.78 Å². The first-order valence-corrected chi connectivity index (χ1v) is 4.03. The summed E-state index contributed by atoms with van der Waals surface area (Å²) in [5, 5.41) is 8.49. The standard InChI is InChI=1S/C8H9F2NO/c9-8(10)3-1-7(2-4-8)6(5-11)12-7/h6H,1-4H2. The fourth-order valence-electron chi connectivity index (χ4n) is 1.76. The van der Waals surface area contributed by atoms with E-state index in [-0.39, 0.29) is 12.8 Å². The van der Waals surface area contributed by atoms with Crippen molar-refractivity contribution < 1.29 is 13.5 Å². The van der Waals surface area contributed by atoms with E-state index >= 15 is 0 Å². The molecule has 0 amide bonds. The van der Waals surface area contributed by atoms with Gasteiger partial charge in [0.2, 0.25) is 5.92 Å². The van der Waals surface area contributed by atoms with Crippen LogP contribution in [0.4, 0.5) is 8.78 Å². The lowest BCUT2D eigenvalue weighted by atomic mass is 9.84. The van der Waals surface area contributed by atoms with Crippen LogP contribution in [0.15, 0.2) is 0 Å². The third-order valence-electron chi connectivity index (χ3n) is 2.72. The second-order valence-electron chi connectivity index (χ2n) is 3.55. The maximum absolute atomic E-state index is 12.7. The Kier molecular flexibility index (Phi) is 1.43. The van der Waals surface area contributed by atoms with Crippen LogP contribution in [0.5, 0.6) is 0 Å². The molecule has 2 aliphatic rings. The Morgan fingerprint density at radius 3 is 2.25 bits per heavy atom. The Hall–Kier alpha value is -0.690. The van der Waals surface area contributed by atoms with Gasteiger partial charge in [-0.2, -0.15) is 5.26 Å². The summed E-state index contributed by atoms with van der Waals surface area (Å²) < 4.78 is 30.4. The summed E-state index contributed by atoms with van der Waals surface area (Å²) in [6.45, 7) is 0. The van der Waals surface area contributed by atoms with Crippen molar-refractivity contribution in [3.05, 3.63) is 0 Å². The van der Waals surface area contributed by atoms with Gasteiger partial charge in [0.1, 0.15) is 5.60 Å². The van der Waals surface area contributed by atoms with Crippen molar-refractivity contribution >= 4 is 0 Å². The number of hydrogen-bond acceptors (Lipinski definition) is 2. The molecule has 1 saturated carbocycles. The van der Waals surface area contributed by atoms with Gasteiger partial charge in [0.05, 0.1) is 6.07 Å². The number of ether oxygens (including phenoxy) is 1. The lowest BCUT2D eigenvalue weighted by Crippen LogP contribution is -2.30. The number of rotatable bonds is 0. The normalized spacial score (nSPS) is 35.9. The van der Waals surface area contributed by atoms with E-state index in [2.05, 4.69) is 0 Å². The molecular weight excluding hydrogens is 164 g/mol. The molecule has 2 nitrogen and oxygen atoms in total. The Morgan fingerprint density at radius 1 is 1.25 bits per heavy atom. The third-order valence-corrected chi connectivity index (χ3v) is 2.72. The number of nitrogens with zero attached hydrogens (tertiary/aromatic N) is 1. The predicted octanol–water partition coefficient (Wildman–Crippen LogP) is 1.86. The predicted molar refractivity (Wildman–Crippen MR) is 36.6 cm³/mol. The topological polar surface area (TPSA) is 36.3 Å². The molecule has 1 unspecified atom stereocenters. The summed E-state index contributed by atoms with van der Waals surface area (Å²) >= 11 is 0. The zero-order valence-electron chi connectivity index (χ0n) is 6.52. The molecule has 2 fully saturated rings. The highest BCUT2D eigenvalue weighted by atomic mass is 19.3. The van der Waals surface area contributed by atoms with Gasteiger partial charge in [-0.1, -0.05) is 0 Å². The molecule has 0 aromatic rings. The average Bonchev–Trinajstić information content (AvgIpc) is 2.72. The van der Waals surface area contributed by atoms with Crippen molar-refractivity contribution in [2.45, 2.75) is 43.3 Å². The fraction of sp³-hybridized carbons (Fsp3) is 0.875. The quantitative estimate of drug-likeness (QED) is 0.524. The van der Waals surface area contributed by atoms with Crippen LogP contribution >= 0.6 is 0 Å². The molecule has 66 valence electrons. The van der Waals surface area contributed by atoms with E-state index in [1.165, 1.54) is 0 Å². The van der Waals surface area contributed by atoms with E-state index in [0.717, 1.165) is 0 Å². The number of alkyl halides is 2. The molecular formula is C8H9F2NO. The Bertz CT molecular complexity index is 236. The lowest BCUT2D eigenvalue weighted by molar-refractivity contribution is -0.0508. The minimum Gasteiger partial charge on any atom is -0.350 e. The summed E-state index contributed by atoms with van der Waals surface area (Å²) in [4.78, 5) is 0. The van der Waals surface area contributed by atoms with Crippen molar-refractivity contribution in [1.82, 2.24) is 0 Å². The summed E-state index contributed by atoms with van der Waals surface area (Å²) in [7, 11) is 0. The van der Waals surface area contributed by atoms with Gasteiger partial charge in [-0.3, -0.25) is 0 Å². The average molecular weight is 173 g/mol. The number of halogens is 2. The first kappa shape index (κ1) is 7.93. The highest BCUT2D eigenvalue weighted by molar-refractivity contribution is 5.15. The van der Waals surface area contributed by atoms with Crippen molar-refractivity contribution in [2.75, 3.05) is 0 Å². The Morgan fingerprint density at radius 2 is 1.83 bits per heavy atom. The molecule has 1 saturated heterocycles. The lowest BCUT2D eigenvalue weighted by Gasteiger charge is -2.25. The molecule has 4 heteroatoms. The smallest absolute Gasteiger partial charge is 0.248 e. The van der Waals surface area contributed by atoms with Gasteiger partial charge in [-0.15, -0.1) is 0 Å². The Labute approximate surface area is 69.1 Å². The molecule has 0 bridgehead atoms.